The summed E-state index contributed by atoms with van der Waals surface area (Å²) in [6, 6.07) is 17.7. The maximum absolute atomic E-state index is 14.1. The molecule has 13 heteroatoms. The van der Waals surface area contributed by atoms with Crippen LogP contribution in [0.3, 0.4) is 0 Å². The van der Waals surface area contributed by atoms with Crippen LogP contribution in [-0.2, 0) is 15.7 Å². The van der Waals surface area contributed by atoms with Gasteiger partial charge in [0.05, 0.1) is 40.7 Å². The maximum Gasteiger partial charge on any atom is 0.469 e. The van der Waals surface area contributed by atoms with Gasteiger partial charge in [0.2, 0.25) is 0 Å². The lowest BCUT2D eigenvalue weighted by molar-refractivity contribution is 0.188. The van der Waals surface area contributed by atoms with Gasteiger partial charge in [-0.1, -0.05) is 36.4 Å². The molecule has 212 valence electrons. The van der Waals surface area contributed by atoms with Crippen molar-refractivity contribution in [2.45, 2.75) is 33.3 Å². The molecule has 0 unspecified atom stereocenters. The van der Waals surface area contributed by atoms with Crippen LogP contribution in [0, 0.1) is 20.8 Å². The van der Waals surface area contributed by atoms with Gasteiger partial charge in [-0.05, 0) is 45.0 Å². The van der Waals surface area contributed by atoms with Gasteiger partial charge in [-0.25, -0.2) is 13.9 Å². The Hall–Kier alpha value is -4.48. The van der Waals surface area contributed by atoms with Gasteiger partial charge in [0, 0.05) is 28.7 Å². The number of hydrogen-bond donors (Lipinski definition) is 5. The summed E-state index contributed by atoms with van der Waals surface area (Å²) in [6.07, 6.45) is 1.31. The number of aromatic hydroxyl groups is 1. The van der Waals surface area contributed by atoms with E-state index < -0.39 is 31.5 Å². The zero-order valence-corrected chi connectivity index (χ0v) is 23.3. The minimum absolute atomic E-state index is 0.0739. The van der Waals surface area contributed by atoms with E-state index in [9.17, 15) is 29.0 Å². The van der Waals surface area contributed by atoms with E-state index in [1.165, 1.54) is 15.6 Å². The Labute approximate surface area is 233 Å². The van der Waals surface area contributed by atoms with E-state index in [0.717, 1.165) is 0 Å². The molecule has 41 heavy (non-hydrogen) atoms. The topological polar surface area (TPSA) is 175 Å². The van der Waals surface area contributed by atoms with Gasteiger partial charge < -0.3 is 14.9 Å². The van der Waals surface area contributed by atoms with Crippen molar-refractivity contribution in [1.82, 2.24) is 24.5 Å². The molecule has 3 heterocycles. The highest BCUT2D eigenvalue weighted by atomic mass is 31.2. The summed E-state index contributed by atoms with van der Waals surface area (Å²) in [7, 11) is -4.92. The van der Waals surface area contributed by atoms with Crippen molar-refractivity contribution in [3.8, 4) is 17.1 Å². The Bertz CT molecular complexity index is 1790. The van der Waals surface area contributed by atoms with Crippen LogP contribution in [0.1, 0.15) is 45.3 Å². The van der Waals surface area contributed by atoms with E-state index in [-0.39, 0.29) is 33.7 Å². The number of aromatic nitrogens is 5. The summed E-state index contributed by atoms with van der Waals surface area (Å²) < 4.78 is 19.0. The number of aryl methyl sites for hydroxylation is 3. The summed E-state index contributed by atoms with van der Waals surface area (Å²) in [6.45, 7) is 4.27. The fourth-order valence-electron chi connectivity index (χ4n) is 4.99. The predicted molar refractivity (Wildman–Crippen MR) is 151 cm³/mol. The van der Waals surface area contributed by atoms with Crippen LogP contribution in [0.5, 0.6) is 5.75 Å². The van der Waals surface area contributed by atoms with Crippen molar-refractivity contribution in [2.24, 2.45) is 0 Å². The largest absolute Gasteiger partial charge is 0.506 e. The zero-order valence-electron chi connectivity index (χ0n) is 22.4. The minimum Gasteiger partial charge on any atom is -0.506 e. The second-order valence-corrected chi connectivity index (χ2v) is 10.8. The fourth-order valence-corrected chi connectivity index (χ4v) is 5.30. The molecule has 5 N–H and O–H groups in total. The number of aromatic amines is 2. The van der Waals surface area contributed by atoms with Gasteiger partial charge in [-0.3, -0.25) is 29.3 Å². The molecule has 5 rings (SSSR count). The number of hydrogen-bond acceptors (Lipinski definition) is 6. The molecule has 12 nitrogen and oxygen atoms in total. The second kappa shape index (κ2) is 10.8. The van der Waals surface area contributed by atoms with Gasteiger partial charge in [-0.2, -0.15) is 0 Å². The highest BCUT2D eigenvalue weighted by molar-refractivity contribution is 7.46. The van der Waals surface area contributed by atoms with Crippen molar-refractivity contribution in [2.75, 3.05) is 0 Å². The summed E-state index contributed by atoms with van der Waals surface area (Å²) in [4.78, 5) is 51.0. The number of nitrogens with one attached hydrogen (secondary N) is 2. The molecule has 0 spiro atoms. The quantitative estimate of drug-likeness (QED) is 0.174. The van der Waals surface area contributed by atoms with Gasteiger partial charge in [0.25, 0.3) is 11.1 Å². The first-order chi connectivity index (χ1) is 19.5. The lowest BCUT2D eigenvalue weighted by atomic mass is 9.82. The highest BCUT2D eigenvalue weighted by Gasteiger charge is 2.35. The van der Waals surface area contributed by atoms with Crippen LogP contribution < -0.4 is 11.1 Å². The minimum atomic E-state index is -4.92. The molecular weight excluding hydrogens is 549 g/mol. The number of pyridine rings is 1. The summed E-state index contributed by atoms with van der Waals surface area (Å²) in [5, 5.41) is 17.5. The van der Waals surface area contributed by atoms with Crippen molar-refractivity contribution in [3.05, 3.63) is 127 Å². The molecule has 0 atom stereocenters. The average molecular weight is 578 g/mol. The van der Waals surface area contributed by atoms with Crippen LogP contribution in [0.25, 0.3) is 11.4 Å². The fraction of sp³-hybridized carbons (Fsp3) is 0.179. The van der Waals surface area contributed by atoms with Crippen molar-refractivity contribution in [1.29, 1.82) is 0 Å². The van der Waals surface area contributed by atoms with Crippen LogP contribution in [0.2, 0.25) is 0 Å². The first-order valence-electron chi connectivity index (χ1n) is 12.6. The second-order valence-electron chi connectivity index (χ2n) is 9.58. The highest BCUT2D eigenvalue weighted by Crippen LogP contribution is 2.43. The Morgan fingerprint density at radius 2 is 1.29 bits per heavy atom. The van der Waals surface area contributed by atoms with E-state index in [2.05, 4.69) is 15.2 Å². The first-order valence-corrected chi connectivity index (χ1v) is 14.1. The molecular formula is C28H28N5O7P. The Morgan fingerprint density at radius 3 is 1.73 bits per heavy atom. The van der Waals surface area contributed by atoms with Crippen LogP contribution >= 0.6 is 7.82 Å². The van der Waals surface area contributed by atoms with E-state index in [4.69, 9.17) is 4.52 Å². The number of nitrogens with zero attached hydrogens (tertiary/aromatic N) is 3. The van der Waals surface area contributed by atoms with E-state index in [0.29, 0.717) is 22.8 Å². The average Bonchev–Trinajstić information content (AvgIpc) is 3.41. The van der Waals surface area contributed by atoms with Gasteiger partial charge >= 0.3 is 7.82 Å². The zero-order chi connectivity index (χ0) is 29.5. The Balaban J connectivity index is 1.84. The Morgan fingerprint density at radius 1 is 0.829 bits per heavy atom. The standard InChI is InChI=1S/C28H28N5O7P/c1-16-22(27(35)32(30-16)20-10-6-4-7-11-20)25(23-17(2)31-33(28(23)36)21-12-8-5-9-13-21)24-19(15-40-41(37,38)39)14-29-18(3)26(24)34/h4-14,25,30-31,34H,15H2,1-3H3,(H2,37,38,39). The van der Waals surface area contributed by atoms with E-state index >= 15 is 0 Å². The molecule has 0 saturated heterocycles. The third-order valence-electron chi connectivity index (χ3n) is 6.87. The molecule has 2 aromatic carbocycles. The van der Waals surface area contributed by atoms with Crippen molar-refractivity contribution < 1.29 is 24.0 Å². The van der Waals surface area contributed by atoms with Crippen molar-refractivity contribution >= 4 is 7.82 Å². The van der Waals surface area contributed by atoms with Crippen molar-refractivity contribution in [3.63, 3.8) is 0 Å². The van der Waals surface area contributed by atoms with Crippen LogP contribution in [-0.4, -0.2) is 39.4 Å². The molecule has 5 aromatic rings. The summed E-state index contributed by atoms with van der Waals surface area (Å²) >= 11 is 0. The number of phosphoric acid groups is 1. The lowest BCUT2D eigenvalue weighted by Gasteiger charge is -2.21. The third kappa shape index (κ3) is 5.33. The predicted octanol–water partition coefficient (Wildman–Crippen LogP) is 3.46. The molecule has 0 radical (unpaired) electrons. The molecule has 0 fully saturated rings. The molecule has 0 aliphatic carbocycles. The third-order valence-corrected chi connectivity index (χ3v) is 7.34. The number of phosphoric ester groups is 1. The summed E-state index contributed by atoms with van der Waals surface area (Å²) in [5.41, 5.74) is 1.69. The molecule has 0 saturated carbocycles. The molecule has 0 aliphatic rings. The smallest absolute Gasteiger partial charge is 0.469 e. The SMILES string of the molecule is Cc1ncc(COP(=O)(O)O)c(C(c2c(C)[nH]n(-c3ccccc3)c2=O)c2c(C)[nH]n(-c3ccccc3)c2=O)c1O. The normalized spacial score (nSPS) is 11.9. The molecule has 0 aliphatic heterocycles. The van der Waals surface area contributed by atoms with Gasteiger partial charge in [0.15, 0.2) is 0 Å². The number of H-pyrrole nitrogens is 2. The lowest BCUT2D eigenvalue weighted by Crippen LogP contribution is -2.26. The Kier molecular flexibility index (Phi) is 7.41. The summed E-state index contributed by atoms with van der Waals surface area (Å²) in [5.74, 6) is -1.51. The number of benzene rings is 2. The van der Waals surface area contributed by atoms with E-state index in [1.54, 1.807) is 69.3 Å². The monoisotopic (exact) mass is 577 g/mol. The molecule has 0 bridgehead atoms. The van der Waals surface area contributed by atoms with Crippen LogP contribution in [0.4, 0.5) is 0 Å². The molecule has 0 amide bonds. The van der Waals surface area contributed by atoms with Gasteiger partial charge in [0.1, 0.15) is 5.75 Å². The van der Waals surface area contributed by atoms with Crippen LogP contribution in [0.15, 0.2) is 76.4 Å². The maximum atomic E-state index is 14.1. The number of rotatable bonds is 8. The molecule has 3 aromatic heterocycles. The van der Waals surface area contributed by atoms with E-state index in [1.807, 2.05) is 12.1 Å². The van der Waals surface area contributed by atoms with Gasteiger partial charge in [-0.15, -0.1) is 0 Å². The number of para-hydroxylation sites is 2. The first kappa shape index (κ1) is 28.1.